The molecule has 0 aliphatic rings. The lowest BCUT2D eigenvalue weighted by atomic mass is 10.3. The van der Waals surface area contributed by atoms with Crippen LogP contribution in [-0.2, 0) is 0 Å². The summed E-state index contributed by atoms with van der Waals surface area (Å²) in [7, 11) is 0. The Kier molecular flexibility index (Phi) is 3.94. The number of carboxylic acid groups (broad SMARTS) is 1. The van der Waals surface area contributed by atoms with Gasteiger partial charge in [-0.1, -0.05) is 0 Å². The summed E-state index contributed by atoms with van der Waals surface area (Å²) in [5.74, 6) is -1.08. The van der Waals surface area contributed by atoms with Crippen LogP contribution in [0.5, 0.6) is 0 Å². The van der Waals surface area contributed by atoms with Crippen LogP contribution in [0.4, 0.5) is 5.69 Å². The van der Waals surface area contributed by atoms with E-state index in [4.69, 9.17) is 5.11 Å². The molecule has 2 heterocycles. The fourth-order valence-electron chi connectivity index (χ4n) is 1.49. The van der Waals surface area contributed by atoms with Crippen molar-refractivity contribution in [2.75, 3.05) is 0 Å². The first-order valence-corrected chi connectivity index (χ1v) is 6.28. The van der Waals surface area contributed by atoms with E-state index >= 15 is 0 Å². The van der Waals surface area contributed by atoms with Gasteiger partial charge in [0.05, 0.1) is 10.5 Å². The SMILES string of the molecule is Cc1ccnc(Sc2ccc(C(=O)O)cn2)c1[N+](=O)[O-]. The monoisotopic (exact) mass is 291 g/mol. The lowest BCUT2D eigenvalue weighted by Crippen LogP contribution is -1.98. The van der Waals surface area contributed by atoms with E-state index in [2.05, 4.69) is 9.97 Å². The summed E-state index contributed by atoms with van der Waals surface area (Å²) in [6.07, 6.45) is 2.68. The molecule has 2 rings (SSSR count). The van der Waals surface area contributed by atoms with Gasteiger partial charge in [-0.25, -0.2) is 14.8 Å². The molecule has 0 unspecified atom stereocenters. The number of aromatic carboxylic acids is 1. The quantitative estimate of drug-likeness (QED) is 0.681. The molecule has 102 valence electrons. The molecule has 0 fully saturated rings. The Morgan fingerprint density at radius 2 is 2.10 bits per heavy atom. The predicted molar refractivity (Wildman–Crippen MR) is 70.9 cm³/mol. The van der Waals surface area contributed by atoms with Crippen molar-refractivity contribution in [2.45, 2.75) is 17.0 Å². The Morgan fingerprint density at radius 1 is 1.35 bits per heavy atom. The van der Waals surface area contributed by atoms with Crippen molar-refractivity contribution >= 4 is 23.4 Å². The fraction of sp³-hybridized carbons (Fsp3) is 0.0833. The smallest absolute Gasteiger partial charge is 0.337 e. The number of hydrogen-bond acceptors (Lipinski definition) is 6. The number of pyridine rings is 2. The highest BCUT2D eigenvalue weighted by atomic mass is 32.2. The van der Waals surface area contributed by atoms with Crippen molar-refractivity contribution in [1.29, 1.82) is 0 Å². The van der Waals surface area contributed by atoms with Crippen LogP contribution in [0.1, 0.15) is 15.9 Å². The highest BCUT2D eigenvalue weighted by Crippen LogP contribution is 2.33. The highest BCUT2D eigenvalue weighted by Gasteiger charge is 2.19. The number of nitrogens with zero attached hydrogens (tertiary/aromatic N) is 3. The van der Waals surface area contributed by atoms with Gasteiger partial charge in [0, 0.05) is 18.0 Å². The van der Waals surface area contributed by atoms with Gasteiger partial charge in [-0.05, 0) is 36.9 Å². The van der Waals surface area contributed by atoms with Crippen LogP contribution in [0.2, 0.25) is 0 Å². The fourth-order valence-corrected chi connectivity index (χ4v) is 2.37. The third-order valence-corrected chi connectivity index (χ3v) is 3.40. The Morgan fingerprint density at radius 3 is 2.65 bits per heavy atom. The van der Waals surface area contributed by atoms with Crippen molar-refractivity contribution < 1.29 is 14.8 Å². The van der Waals surface area contributed by atoms with Gasteiger partial charge in [0.15, 0.2) is 5.03 Å². The van der Waals surface area contributed by atoms with Crippen molar-refractivity contribution in [3.63, 3.8) is 0 Å². The van der Waals surface area contributed by atoms with Crippen molar-refractivity contribution in [3.8, 4) is 0 Å². The molecule has 0 aliphatic carbocycles. The maximum absolute atomic E-state index is 11.0. The summed E-state index contributed by atoms with van der Waals surface area (Å²) >= 11 is 1.02. The third-order valence-electron chi connectivity index (χ3n) is 2.46. The number of aromatic nitrogens is 2. The number of aryl methyl sites for hydroxylation is 1. The number of hydrogen-bond donors (Lipinski definition) is 1. The molecule has 0 radical (unpaired) electrons. The zero-order valence-corrected chi connectivity index (χ0v) is 11.1. The number of nitro groups is 1. The zero-order valence-electron chi connectivity index (χ0n) is 10.3. The number of carboxylic acids is 1. The van der Waals surface area contributed by atoms with Gasteiger partial charge in [-0.2, -0.15) is 0 Å². The summed E-state index contributed by atoms with van der Waals surface area (Å²) in [6, 6.07) is 4.43. The van der Waals surface area contributed by atoms with E-state index in [0.717, 1.165) is 11.8 Å². The van der Waals surface area contributed by atoms with Gasteiger partial charge in [0.2, 0.25) is 0 Å². The molecule has 0 aromatic carbocycles. The predicted octanol–water partition coefficient (Wildman–Crippen LogP) is 2.54. The van der Waals surface area contributed by atoms with Gasteiger partial charge in [-0.15, -0.1) is 0 Å². The molecule has 0 aliphatic heterocycles. The Labute approximate surface area is 117 Å². The highest BCUT2D eigenvalue weighted by molar-refractivity contribution is 7.99. The Balaban J connectivity index is 2.33. The standard InChI is InChI=1S/C12H9N3O4S/c1-7-4-5-13-11(10(7)15(18)19)20-9-3-2-8(6-14-9)12(16)17/h2-6H,1H3,(H,16,17). The van der Waals surface area contributed by atoms with Gasteiger partial charge in [0.25, 0.3) is 0 Å². The normalized spacial score (nSPS) is 10.2. The van der Waals surface area contributed by atoms with E-state index in [0.29, 0.717) is 10.6 Å². The van der Waals surface area contributed by atoms with Crippen molar-refractivity contribution in [1.82, 2.24) is 9.97 Å². The minimum atomic E-state index is -1.08. The van der Waals surface area contributed by atoms with Crippen LogP contribution in [-0.4, -0.2) is 26.0 Å². The molecule has 0 bridgehead atoms. The van der Waals surface area contributed by atoms with E-state index < -0.39 is 10.9 Å². The van der Waals surface area contributed by atoms with Gasteiger partial charge in [-0.3, -0.25) is 10.1 Å². The van der Waals surface area contributed by atoms with Gasteiger partial charge < -0.3 is 5.11 Å². The second-order valence-electron chi connectivity index (χ2n) is 3.83. The average Bonchev–Trinajstić information content (AvgIpc) is 2.39. The van der Waals surface area contributed by atoms with Gasteiger partial charge >= 0.3 is 11.7 Å². The van der Waals surface area contributed by atoms with Crippen LogP contribution in [0.25, 0.3) is 0 Å². The van der Waals surface area contributed by atoms with Crippen LogP contribution in [0.3, 0.4) is 0 Å². The van der Waals surface area contributed by atoms with Crippen molar-refractivity contribution in [2.24, 2.45) is 0 Å². The largest absolute Gasteiger partial charge is 0.478 e. The second kappa shape index (κ2) is 5.66. The van der Waals surface area contributed by atoms with E-state index in [9.17, 15) is 14.9 Å². The number of rotatable bonds is 4. The topological polar surface area (TPSA) is 106 Å². The molecule has 0 atom stereocenters. The average molecular weight is 291 g/mol. The van der Waals surface area contributed by atoms with Crippen LogP contribution in [0, 0.1) is 17.0 Å². The molecule has 8 heteroatoms. The molecule has 7 nitrogen and oxygen atoms in total. The number of carbonyl (C=O) groups is 1. The van der Waals surface area contributed by atoms with E-state index in [-0.39, 0.29) is 16.3 Å². The third kappa shape index (κ3) is 2.91. The maximum atomic E-state index is 11.0. The summed E-state index contributed by atoms with van der Waals surface area (Å²) in [6.45, 7) is 1.63. The molecule has 20 heavy (non-hydrogen) atoms. The first-order chi connectivity index (χ1) is 9.49. The first-order valence-electron chi connectivity index (χ1n) is 5.46. The molecule has 1 N–H and O–H groups in total. The minimum Gasteiger partial charge on any atom is -0.478 e. The van der Waals surface area contributed by atoms with E-state index in [1.54, 1.807) is 13.0 Å². The molecule has 0 spiro atoms. The molecule has 0 saturated heterocycles. The Hall–Kier alpha value is -2.48. The van der Waals surface area contributed by atoms with E-state index in [1.165, 1.54) is 24.5 Å². The van der Waals surface area contributed by atoms with Gasteiger partial charge in [0.1, 0.15) is 5.03 Å². The molecule has 2 aromatic heterocycles. The van der Waals surface area contributed by atoms with Crippen LogP contribution >= 0.6 is 11.8 Å². The second-order valence-corrected chi connectivity index (χ2v) is 4.84. The van der Waals surface area contributed by atoms with Crippen molar-refractivity contribution in [3.05, 3.63) is 51.8 Å². The molecule has 0 saturated carbocycles. The maximum Gasteiger partial charge on any atom is 0.337 e. The lowest BCUT2D eigenvalue weighted by molar-refractivity contribution is -0.388. The summed E-state index contributed by atoms with van der Waals surface area (Å²) < 4.78 is 0. The lowest BCUT2D eigenvalue weighted by Gasteiger charge is -2.03. The first kappa shape index (κ1) is 13.9. The minimum absolute atomic E-state index is 0.0565. The Bertz CT molecular complexity index is 673. The molecular formula is C12H9N3O4S. The molecule has 2 aromatic rings. The summed E-state index contributed by atoms with van der Waals surface area (Å²) in [5, 5.41) is 20.5. The summed E-state index contributed by atoms with van der Waals surface area (Å²) in [5.41, 5.74) is 0.498. The summed E-state index contributed by atoms with van der Waals surface area (Å²) in [4.78, 5) is 29.2. The van der Waals surface area contributed by atoms with Crippen LogP contribution < -0.4 is 0 Å². The zero-order chi connectivity index (χ0) is 14.7. The van der Waals surface area contributed by atoms with Crippen LogP contribution in [0.15, 0.2) is 40.6 Å². The van der Waals surface area contributed by atoms with E-state index in [1.807, 2.05) is 0 Å². The molecular weight excluding hydrogens is 282 g/mol. The molecule has 0 amide bonds.